The van der Waals surface area contributed by atoms with E-state index in [9.17, 15) is 3.50 Å². The average molecular weight is 121 g/mol. The summed E-state index contributed by atoms with van der Waals surface area (Å²) in [5, 5.41) is 0. The average Bonchev–Trinajstić information content (AvgIpc) is 1.37. The molecule has 0 radical (unpaired) electrons. The van der Waals surface area contributed by atoms with Crippen LogP contribution in [0.5, 0.6) is 0 Å². The molecule has 0 heterocycles. The van der Waals surface area contributed by atoms with E-state index in [2.05, 4.69) is 6.58 Å². The van der Waals surface area contributed by atoms with Gasteiger partial charge in [0.05, 0.1) is 0 Å². The molecule has 0 fully saturated rings. The second-order valence-corrected chi connectivity index (χ2v) is 2.30. The summed E-state index contributed by atoms with van der Waals surface area (Å²) in [6.45, 7) is 3.19. The molecule has 0 aromatic heterocycles. The second kappa shape index (κ2) is 3.21. The van der Waals surface area contributed by atoms with Crippen LogP contribution in [0.3, 0.4) is 0 Å². The molecule has 0 spiro atoms. The molecule has 0 unspecified atom stereocenters. The molecular formula is C2H5FGe. The fraction of sp³-hybridized carbons (Fsp3) is 0. The van der Waals surface area contributed by atoms with Crippen LogP contribution in [-0.2, 0) is 0 Å². The van der Waals surface area contributed by atoms with Crippen LogP contribution < -0.4 is 0 Å². The molecule has 2 heteroatoms. The predicted octanol–water partition coefficient (Wildman–Crippen LogP) is 0.183. The second-order valence-electron chi connectivity index (χ2n) is 0.443. The Kier molecular flexibility index (Phi) is 3.38. The van der Waals surface area contributed by atoms with Crippen molar-refractivity contribution >= 4 is 15.9 Å². The third kappa shape index (κ3) is 2.21. The van der Waals surface area contributed by atoms with Gasteiger partial charge >= 0.3 is 30.9 Å². The summed E-state index contributed by atoms with van der Waals surface area (Å²) in [5.74, 6) is 0. The minimum absolute atomic E-state index is 1.40. The molecule has 4 heavy (non-hydrogen) atoms. The van der Waals surface area contributed by atoms with Crippen molar-refractivity contribution in [1.29, 1.82) is 0 Å². The van der Waals surface area contributed by atoms with E-state index in [0.717, 1.165) is 0 Å². The Morgan fingerprint density at radius 2 is 2.25 bits per heavy atom. The monoisotopic (exact) mass is 122 g/mol. The van der Waals surface area contributed by atoms with Crippen molar-refractivity contribution in [2.75, 3.05) is 0 Å². The zero-order chi connectivity index (χ0) is 3.41. The van der Waals surface area contributed by atoms with Crippen molar-refractivity contribution in [2.45, 2.75) is 0 Å². The molecule has 24 valence electrons. The Morgan fingerprint density at radius 3 is 2.25 bits per heavy atom. The zero-order valence-electron chi connectivity index (χ0n) is 2.37. The normalized spacial score (nSPS) is 9.25. The maximum atomic E-state index is 10.8. The molecule has 0 aliphatic heterocycles. The Bertz CT molecular complexity index is 20.0. The van der Waals surface area contributed by atoms with E-state index in [1.165, 1.54) is 4.91 Å². The van der Waals surface area contributed by atoms with Gasteiger partial charge in [-0.25, -0.2) is 0 Å². The van der Waals surface area contributed by atoms with Crippen LogP contribution >= 0.6 is 0 Å². The summed E-state index contributed by atoms with van der Waals surface area (Å²) >= 11 is -1.62. The molecule has 0 atom stereocenters. The van der Waals surface area contributed by atoms with Crippen molar-refractivity contribution in [3.63, 3.8) is 0 Å². The fourth-order valence-corrected chi connectivity index (χ4v) is 0. The molecule has 0 rings (SSSR count). The van der Waals surface area contributed by atoms with Crippen LogP contribution in [0.1, 0.15) is 0 Å². The van der Waals surface area contributed by atoms with Crippen molar-refractivity contribution in [3.8, 4) is 0 Å². The Labute approximate surface area is 31.7 Å². The quantitative estimate of drug-likeness (QED) is 0.434. The van der Waals surface area contributed by atoms with Gasteiger partial charge in [-0.15, -0.1) is 0 Å². The van der Waals surface area contributed by atoms with Gasteiger partial charge in [0.15, 0.2) is 0 Å². The molecule has 0 aromatic rings. The molecule has 0 nitrogen and oxygen atoms in total. The summed E-state index contributed by atoms with van der Waals surface area (Å²) in [6.07, 6.45) is 0. The number of rotatable bonds is 1. The van der Waals surface area contributed by atoms with E-state index in [1.54, 1.807) is 0 Å². The third-order valence-electron chi connectivity index (χ3n) is 0.109. The summed E-state index contributed by atoms with van der Waals surface area (Å²) in [6, 6.07) is 0. The molecule has 0 N–H and O–H groups in total. The van der Waals surface area contributed by atoms with E-state index in [4.69, 9.17) is 0 Å². The van der Waals surface area contributed by atoms with Crippen molar-refractivity contribution in [3.05, 3.63) is 11.5 Å². The first-order chi connectivity index (χ1) is 1.91. The van der Waals surface area contributed by atoms with Crippen LogP contribution in [0.15, 0.2) is 11.5 Å². The first-order valence-corrected chi connectivity index (χ1v) is 3.92. The topological polar surface area (TPSA) is 0 Å². The molecule has 0 amide bonds. The van der Waals surface area contributed by atoms with Gasteiger partial charge in [0.25, 0.3) is 0 Å². The first kappa shape index (κ1) is 4.21. The molecule has 0 saturated heterocycles. The van der Waals surface area contributed by atoms with Crippen LogP contribution in [0, 0.1) is 0 Å². The summed E-state index contributed by atoms with van der Waals surface area (Å²) in [7, 11) is 0. The Hall–Kier alpha value is 0.213. The van der Waals surface area contributed by atoms with Crippen LogP contribution in [0.4, 0.5) is 3.50 Å². The van der Waals surface area contributed by atoms with Gasteiger partial charge in [0.1, 0.15) is 0 Å². The van der Waals surface area contributed by atoms with Crippen LogP contribution in [0.2, 0.25) is 0 Å². The van der Waals surface area contributed by atoms with E-state index >= 15 is 0 Å². The molecule has 0 bridgehead atoms. The fourth-order valence-electron chi connectivity index (χ4n) is 0. The van der Waals surface area contributed by atoms with Crippen molar-refractivity contribution < 1.29 is 3.50 Å². The SMILES string of the molecule is C=[CH][GeH2][F]. The molecule has 0 aliphatic rings. The molecule has 0 aliphatic carbocycles. The van der Waals surface area contributed by atoms with Gasteiger partial charge in [-0.1, -0.05) is 0 Å². The first-order valence-electron chi connectivity index (χ1n) is 1.08. The van der Waals surface area contributed by atoms with Gasteiger partial charge in [0, 0.05) is 0 Å². The van der Waals surface area contributed by atoms with Crippen LogP contribution in [-0.4, -0.2) is 15.9 Å². The van der Waals surface area contributed by atoms with Gasteiger partial charge in [0.2, 0.25) is 0 Å². The van der Waals surface area contributed by atoms with Crippen molar-refractivity contribution in [2.24, 2.45) is 0 Å². The summed E-state index contributed by atoms with van der Waals surface area (Å²) in [5.41, 5.74) is 0. The van der Waals surface area contributed by atoms with Gasteiger partial charge in [-0.05, 0) is 0 Å². The van der Waals surface area contributed by atoms with E-state index in [-0.39, 0.29) is 0 Å². The van der Waals surface area contributed by atoms with Gasteiger partial charge < -0.3 is 0 Å². The van der Waals surface area contributed by atoms with E-state index in [1.807, 2.05) is 0 Å². The van der Waals surface area contributed by atoms with Crippen LogP contribution in [0.25, 0.3) is 0 Å². The van der Waals surface area contributed by atoms with E-state index in [0.29, 0.717) is 0 Å². The van der Waals surface area contributed by atoms with Gasteiger partial charge in [-0.2, -0.15) is 0 Å². The Balaban J connectivity index is 2.30. The number of hydrogen-bond acceptors (Lipinski definition) is 0. The molecule has 0 aromatic carbocycles. The summed E-state index contributed by atoms with van der Waals surface area (Å²) in [4.78, 5) is 1.40. The maximum absolute atomic E-state index is 10.8. The molecular weight excluding hydrogens is 116 g/mol. The predicted molar refractivity (Wildman–Crippen MR) is 19.8 cm³/mol. The standard InChI is InChI=1S/C2H5FGe/c1-2-4-3/h2H,1,4H2. The minimum atomic E-state index is -1.62. The van der Waals surface area contributed by atoms with Gasteiger partial charge in [-0.3, -0.25) is 0 Å². The van der Waals surface area contributed by atoms with Crippen molar-refractivity contribution in [1.82, 2.24) is 0 Å². The number of halogens is 1. The summed E-state index contributed by atoms with van der Waals surface area (Å²) < 4.78 is 10.8. The molecule has 0 saturated carbocycles. The third-order valence-corrected chi connectivity index (χ3v) is 0.567. The Morgan fingerprint density at radius 1 is 2.00 bits per heavy atom. The zero-order valence-corrected chi connectivity index (χ0v) is 5.34. The van der Waals surface area contributed by atoms with E-state index < -0.39 is 15.9 Å². The number of hydrogen-bond donors (Lipinski definition) is 0.